The number of rotatable bonds is 4. The first-order chi connectivity index (χ1) is 10.1. The molecular formula is C17H23NO3. The van der Waals surface area contributed by atoms with Crippen molar-refractivity contribution >= 4 is 5.97 Å². The van der Waals surface area contributed by atoms with Crippen molar-refractivity contribution in [2.24, 2.45) is 17.8 Å². The monoisotopic (exact) mass is 289 g/mol. The Kier molecular flexibility index (Phi) is 3.10. The number of aliphatic carboxylic acids is 1. The molecule has 2 heterocycles. The van der Waals surface area contributed by atoms with Crippen molar-refractivity contribution < 1.29 is 14.3 Å². The van der Waals surface area contributed by atoms with Gasteiger partial charge in [-0.25, -0.2) is 0 Å². The van der Waals surface area contributed by atoms with Crippen LogP contribution in [-0.4, -0.2) is 28.6 Å². The summed E-state index contributed by atoms with van der Waals surface area (Å²) in [6.45, 7) is 3.80. The van der Waals surface area contributed by atoms with Crippen LogP contribution in [0.3, 0.4) is 0 Å². The van der Waals surface area contributed by atoms with Crippen molar-refractivity contribution in [2.45, 2.75) is 51.1 Å². The van der Waals surface area contributed by atoms with E-state index < -0.39 is 5.97 Å². The fourth-order valence-corrected chi connectivity index (χ4v) is 4.49. The van der Waals surface area contributed by atoms with Gasteiger partial charge in [-0.15, -0.1) is 0 Å². The zero-order valence-electron chi connectivity index (χ0n) is 12.5. The van der Waals surface area contributed by atoms with Crippen LogP contribution in [-0.2, 0) is 11.3 Å². The number of likely N-dealkylation sites (tertiary alicyclic amines) is 1. The van der Waals surface area contributed by atoms with Crippen LogP contribution in [0, 0.1) is 17.8 Å². The van der Waals surface area contributed by atoms with Gasteiger partial charge in [0.25, 0.3) is 0 Å². The highest BCUT2D eigenvalue weighted by Crippen LogP contribution is 2.48. The minimum atomic E-state index is -0.660. The average molecular weight is 289 g/mol. The smallest absolute Gasteiger partial charge is 0.321 e. The molecule has 5 atom stereocenters. The van der Waals surface area contributed by atoms with Crippen molar-refractivity contribution in [3.8, 4) is 0 Å². The fourth-order valence-electron chi connectivity index (χ4n) is 4.49. The molecule has 5 unspecified atom stereocenters. The van der Waals surface area contributed by atoms with Gasteiger partial charge < -0.3 is 9.52 Å². The van der Waals surface area contributed by atoms with Crippen LogP contribution in [0.2, 0.25) is 0 Å². The van der Waals surface area contributed by atoms with Gasteiger partial charge in [-0.05, 0) is 49.1 Å². The maximum atomic E-state index is 11.6. The summed E-state index contributed by atoms with van der Waals surface area (Å²) in [4.78, 5) is 13.8. The molecule has 1 aliphatic heterocycles. The van der Waals surface area contributed by atoms with Crippen LogP contribution in [0.4, 0.5) is 0 Å². The fraction of sp³-hybridized carbons (Fsp3) is 0.706. The van der Waals surface area contributed by atoms with E-state index >= 15 is 0 Å². The third kappa shape index (κ3) is 2.30. The predicted octanol–water partition coefficient (Wildman–Crippen LogP) is 3.09. The average Bonchev–Trinajstić information content (AvgIpc) is 2.86. The molecule has 4 heteroatoms. The maximum absolute atomic E-state index is 11.6. The summed E-state index contributed by atoms with van der Waals surface area (Å²) in [7, 11) is 0. The van der Waals surface area contributed by atoms with Gasteiger partial charge in [0.05, 0.1) is 6.54 Å². The first kappa shape index (κ1) is 13.4. The van der Waals surface area contributed by atoms with Crippen molar-refractivity contribution in [3.63, 3.8) is 0 Å². The minimum absolute atomic E-state index is 0.314. The standard InChI is InChI=1S/C17H23NO3/c1-10-7-14(10)15-6-5-12(21-15)9-18-8-11-3-2-4-13(11)16(18)17(19)20/h5-6,10-11,13-14,16H,2-4,7-9H2,1H3,(H,19,20). The van der Waals surface area contributed by atoms with Gasteiger partial charge in [-0.1, -0.05) is 13.3 Å². The number of carboxylic acid groups (broad SMARTS) is 1. The zero-order chi connectivity index (χ0) is 14.6. The van der Waals surface area contributed by atoms with E-state index in [2.05, 4.69) is 17.9 Å². The van der Waals surface area contributed by atoms with Gasteiger partial charge in [0.15, 0.2) is 0 Å². The van der Waals surface area contributed by atoms with E-state index in [-0.39, 0.29) is 6.04 Å². The molecule has 21 heavy (non-hydrogen) atoms. The van der Waals surface area contributed by atoms with Crippen LogP contribution in [0.1, 0.15) is 50.0 Å². The van der Waals surface area contributed by atoms with Gasteiger partial charge in [-0.2, -0.15) is 0 Å². The molecule has 114 valence electrons. The lowest BCUT2D eigenvalue weighted by atomic mass is 9.94. The Morgan fingerprint density at radius 3 is 2.95 bits per heavy atom. The van der Waals surface area contributed by atoms with Crippen molar-refractivity contribution in [2.75, 3.05) is 6.54 Å². The molecule has 0 radical (unpaired) electrons. The predicted molar refractivity (Wildman–Crippen MR) is 77.9 cm³/mol. The molecule has 0 bridgehead atoms. The van der Waals surface area contributed by atoms with E-state index in [9.17, 15) is 9.90 Å². The molecule has 3 fully saturated rings. The molecule has 1 aromatic heterocycles. The lowest BCUT2D eigenvalue weighted by Crippen LogP contribution is -2.39. The number of hydrogen-bond donors (Lipinski definition) is 1. The SMILES string of the molecule is CC1CC1c1ccc(CN2CC3CCCC3C2C(=O)O)o1. The summed E-state index contributed by atoms with van der Waals surface area (Å²) in [5.74, 6) is 3.60. The summed E-state index contributed by atoms with van der Waals surface area (Å²) in [6.07, 6.45) is 4.67. The summed E-state index contributed by atoms with van der Waals surface area (Å²) in [6, 6.07) is 3.80. The van der Waals surface area contributed by atoms with Crippen LogP contribution in [0.25, 0.3) is 0 Å². The largest absolute Gasteiger partial charge is 0.480 e. The molecule has 2 saturated carbocycles. The zero-order valence-corrected chi connectivity index (χ0v) is 12.5. The van der Waals surface area contributed by atoms with Crippen LogP contribution < -0.4 is 0 Å². The Bertz CT molecular complexity index is 552. The molecule has 3 aliphatic rings. The Balaban J connectivity index is 1.48. The van der Waals surface area contributed by atoms with E-state index in [1.807, 2.05) is 6.07 Å². The lowest BCUT2D eigenvalue weighted by molar-refractivity contribution is -0.143. The van der Waals surface area contributed by atoms with Gasteiger partial charge in [0, 0.05) is 12.5 Å². The third-order valence-corrected chi connectivity index (χ3v) is 5.76. The molecule has 4 nitrogen and oxygen atoms in total. The van der Waals surface area contributed by atoms with Gasteiger partial charge in [-0.3, -0.25) is 9.69 Å². The second kappa shape index (κ2) is 4.87. The van der Waals surface area contributed by atoms with Crippen LogP contribution in [0.5, 0.6) is 0 Å². The van der Waals surface area contributed by atoms with E-state index in [0.29, 0.717) is 24.3 Å². The molecule has 1 saturated heterocycles. The van der Waals surface area contributed by atoms with Crippen LogP contribution >= 0.6 is 0 Å². The van der Waals surface area contributed by atoms with E-state index in [4.69, 9.17) is 4.42 Å². The Morgan fingerprint density at radius 1 is 1.43 bits per heavy atom. The summed E-state index contributed by atoms with van der Waals surface area (Å²) < 4.78 is 5.96. The lowest BCUT2D eigenvalue weighted by Gasteiger charge is -2.23. The molecule has 1 N–H and O–H groups in total. The van der Waals surface area contributed by atoms with E-state index in [1.54, 1.807) is 0 Å². The number of fused-ring (bicyclic) bond motifs is 1. The molecular weight excluding hydrogens is 266 g/mol. The second-order valence-corrected chi connectivity index (χ2v) is 7.19. The first-order valence-corrected chi connectivity index (χ1v) is 8.19. The van der Waals surface area contributed by atoms with Gasteiger partial charge >= 0.3 is 5.97 Å². The van der Waals surface area contributed by atoms with Crippen LogP contribution in [0.15, 0.2) is 16.5 Å². The summed E-state index contributed by atoms with van der Waals surface area (Å²) >= 11 is 0. The van der Waals surface area contributed by atoms with Crippen molar-refractivity contribution in [3.05, 3.63) is 23.7 Å². The molecule has 1 aromatic rings. The first-order valence-electron chi connectivity index (χ1n) is 8.19. The quantitative estimate of drug-likeness (QED) is 0.925. The summed E-state index contributed by atoms with van der Waals surface area (Å²) in [5.41, 5.74) is 0. The highest BCUT2D eigenvalue weighted by Gasteiger charge is 2.47. The normalized spacial score (nSPS) is 38.6. The number of furan rings is 1. The van der Waals surface area contributed by atoms with E-state index in [1.165, 1.54) is 19.3 Å². The van der Waals surface area contributed by atoms with Gasteiger partial charge in [0.2, 0.25) is 0 Å². The Morgan fingerprint density at radius 2 is 2.24 bits per heavy atom. The number of carboxylic acids is 1. The van der Waals surface area contributed by atoms with Gasteiger partial charge in [0.1, 0.15) is 17.6 Å². The van der Waals surface area contributed by atoms with Crippen molar-refractivity contribution in [1.82, 2.24) is 4.90 Å². The number of hydrogen-bond acceptors (Lipinski definition) is 3. The van der Waals surface area contributed by atoms with E-state index in [0.717, 1.165) is 30.4 Å². The third-order valence-electron chi connectivity index (χ3n) is 5.76. The molecule has 0 spiro atoms. The minimum Gasteiger partial charge on any atom is -0.480 e. The Hall–Kier alpha value is -1.29. The highest BCUT2D eigenvalue weighted by molar-refractivity contribution is 5.74. The summed E-state index contributed by atoms with van der Waals surface area (Å²) in [5, 5.41) is 9.57. The molecule has 0 aromatic carbocycles. The molecule has 2 aliphatic carbocycles. The highest BCUT2D eigenvalue weighted by atomic mass is 16.4. The second-order valence-electron chi connectivity index (χ2n) is 7.19. The Labute approximate surface area is 125 Å². The molecule has 0 amide bonds. The number of carbonyl (C=O) groups is 1. The molecule has 4 rings (SSSR count). The maximum Gasteiger partial charge on any atom is 0.321 e. The topological polar surface area (TPSA) is 53.7 Å². The van der Waals surface area contributed by atoms with Crippen molar-refractivity contribution in [1.29, 1.82) is 0 Å². The number of nitrogens with zero attached hydrogens (tertiary/aromatic N) is 1.